The summed E-state index contributed by atoms with van der Waals surface area (Å²) in [5.74, 6) is 0.898. The van der Waals surface area contributed by atoms with Gasteiger partial charge in [-0.25, -0.2) is 13.4 Å². The van der Waals surface area contributed by atoms with Crippen LogP contribution in [0.5, 0.6) is 5.75 Å². The fourth-order valence-corrected chi connectivity index (χ4v) is 7.04. The molecule has 0 bridgehead atoms. The predicted molar refractivity (Wildman–Crippen MR) is 133 cm³/mol. The molecule has 3 aromatic rings. The molecule has 0 radical (unpaired) electrons. The van der Waals surface area contributed by atoms with Crippen molar-refractivity contribution in [3.8, 4) is 27.6 Å². The van der Waals surface area contributed by atoms with Gasteiger partial charge in [0.15, 0.2) is 9.84 Å². The Hall–Kier alpha value is -2.78. The SMILES string of the molecule is COc1cc(-c2cncc(-c3cc(NC(=O)CC4CCC4)cs3)n2)ccc1S(=O)(=O)C1CCC1. The second-order valence-corrected chi connectivity index (χ2v) is 12.1. The molecule has 2 aliphatic rings. The maximum absolute atomic E-state index is 12.9. The lowest BCUT2D eigenvalue weighted by Crippen LogP contribution is -2.28. The first-order valence-corrected chi connectivity index (χ1v) is 14.0. The summed E-state index contributed by atoms with van der Waals surface area (Å²) in [6, 6.07) is 6.98. The van der Waals surface area contributed by atoms with Gasteiger partial charge in [-0.3, -0.25) is 9.78 Å². The number of nitrogens with one attached hydrogen (secondary N) is 1. The summed E-state index contributed by atoms with van der Waals surface area (Å²) >= 11 is 1.49. The van der Waals surface area contributed by atoms with Gasteiger partial charge in [0, 0.05) is 17.4 Å². The molecule has 2 saturated carbocycles. The number of sulfone groups is 1. The molecule has 178 valence electrons. The van der Waals surface area contributed by atoms with E-state index in [0.717, 1.165) is 35.4 Å². The third kappa shape index (κ3) is 4.59. The number of ether oxygens (including phenoxy) is 1. The van der Waals surface area contributed by atoms with Crippen LogP contribution < -0.4 is 10.1 Å². The standard InChI is InChI=1S/C25H27N3O4S2/c1-32-22-11-17(8-9-24(22)34(30,31)19-6-3-7-19)20-13-26-14-21(28-20)23-12-18(15-33-23)27-25(29)10-16-4-2-5-16/h8-9,11-16,19H,2-7,10H2,1H3,(H,27,29). The van der Waals surface area contributed by atoms with E-state index in [9.17, 15) is 13.2 Å². The Labute approximate surface area is 203 Å². The van der Waals surface area contributed by atoms with Crippen LogP contribution in [0.1, 0.15) is 44.9 Å². The van der Waals surface area contributed by atoms with Crippen molar-refractivity contribution in [3.63, 3.8) is 0 Å². The lowest BCUT2D eigenvalue weighted by Gasteiger charge is -2.26. The second-order valence-electron chi connectivity index (χ2n) is 9.00. The van der Waals surface area contributed by atoms with Crippen LogP contribution in [0.4, 0.5) is 5.69 Å². The molecule has 0 aliphatic heterocycles. The van der Waals surface area contributed by atoms with Crippen molar-refractivity contribution in [1.29, 1.82) is 0 Å². The Kier molecular flexibility index (Phi) is 6.40. The Morgan fingerprint density at radius 3 is 2.56 bits per heavy atom. The maximum Gasteiger partial charge on any atom is 0.224 e. The minimum absolute atomic E-state index is 0.0536. The second kappa shape index (κ2) is 9.46. The van der Waals surface area contributed by atoms with E-state index < -0.39 is 9.84 Å². The van der Waals surface area contributed by atoms with Crippen LogP contribution in [-0.4, -0.2) is 36.7 Å². The Morgan fingerprint density at radius 1 is 1.12 bits per heavy atom. The molecule has 5 rings (SSSR count). The molecule has 7 nitrogen and oxygen atoms in total. The number of aromatic nitrogens is 2. The molecule has 2 aromatic heterocycles. The van der Waals surface area contributed by atoms with E-state index >= 15 is 0 Å². The molecular weight excluding hydrogens is 470 g/mol. The van der Waals surface area contributed by atoms with Crippen LogP contribution in [0.25, 0.3) is 21.8 Å². The number of anilines is 1. The fraction of sp³-hybridized carbons (Fsp3) is 0.400. The Bertz CT molecular complexity index is 1310. The zero-order valence-electron chi connectivity index (χ0n) is 19.0. The highest BCUT2D eigenvalue weighted by molar-refractivity contribution is 7.92. The van der Waals surface area contributed by atoms with E-state index in [1.54, 1.807) is 30.6 Å². The molecule has 1 amide bonds. The van der Waals surface area contributed by atoms with E-state index in [1.165, 1.54) is 24.9 Å². The molecular formula is C25H27N3O4S2. The van der Waals surface area contributed by atoms with Crippen LogP contribution in [0.15, 0.2) is 46.9 Å². The van der Waals surface area contributed by atoms with Gasteiger partial charge in [-0.05, 0) is 49.8 Å². The van der Waals surface area contributed by atoms with Crippen molar-refractivity contribution in [2.24, 2.45) is 5.92 Å². The van der Waals surface area contributed by atoms with Gasteiger partial charge < -0.3 is 10.1 Å². The lowest BCUT2D eigenvalue weighted by molar-refractivity contribution is -0.117. The summed E-state index contributed by atoms with van der Waals surface area (Å²) in [5, 5.41) is 4.57. The minimum atomic E-state index is -3.40. The van der Waals surface area contributed by atoms with Crippen LogP contribution in [0.2, 0.25) is 0 Å². The summed E-state index contributed by atoms with van der Waals surface area (Å²) in [5.41, 5.74) is 2.80. The van der Waals surface area contributed by atoms with Crippen molar-refractivity contribution < 1.29 is 17.9 Å². The van der Waals surface area contributed by atoms with Crippen LogP contribution >= 0.6 is 11.3 Å². The van der Waals surface area contributed by atoms with Crippen LogP contribution in [0.3, 0.4) is 0 Å². The molecule has 1 N–H and O–H groups in total. The highest BCUT2D eigenvalue weighted by atomic mass is 32.2. The van der Waals surface area contributed by atoms with E-state index in [0.29, 0.717) is 42.3 Å². The van der Waals surface area contributed by atoms with Crippen LogP contribution in [0, 0.1) is 5.92 Å². The van der Waals surface area contributed by atoms with Gasteiger partial charge in [0.25, 0.3) is 0 Å². The van der Waals surface area contributed by atoms with Gasteiger partial charge in [0.05, 0.1) is 46.7 Å². The van der Waals surface area contributed by atoms with Crippen LogP contribution in [-0.2, 0) is 14.6 Å². The van der Waals surface area contributed by atoms with Crippen molar-refractivity contribution in [2.75, 3.05) is 12.4 Å². The summed E-state index contributed by atoms with van der Waals surface area (Å²) in [4.78, 5) is 22.4. The molecule has 0 atom stereocenters. The molecule has 2 heterocycles. The third-order valence-corrected chi connectivity index (χ3v) is 9.98. The van der Waals surface area contributed by atoms with E-state index in [1.807, 2.05) is 11.4 Å². The first-order valence-electron chi connectivity index (χ1n) is 11.6. The number of methoxy groups -OCH3 is 1. The van der Waals surface area contributed by atoms with Gasteiger partial charge >= 0.3 is 0 Å². The van der Waals surface area contributed by atoms with Gasteiger partial charge in [0.2, 0.25) is 5.91 Å². The largest absolute Gasteiger partial charge is 0.495 e. The summed E-state index contributed by atoms with van der Waals surface area (Å²) in [6.07, 6.45) is 9.76. The first kappa shape index (κ1) is 23.0. The topological polar surface area (TPSA) is 98.2 Å². The maximum atomic E-state index is 12.9. The van der Waals surface area contributed by atoms with E-state index in [2.05, 4.69) is 10.3 Å². The number of carbonyl (C=O) groups is 1. The highest BCUT2D eigenvalue weighted by Crippen LogP contribution is 2.37. The van der Waals surface area contributed by atoms with E-state index in [4.69, 9.17) is 9.72 Å². The fourth-order valence-electron chi connectivity index (χ4n) is 4.25. The average Bonchev–Trinajstić information content (AvgIpc) is 3.23. The molecule has 1 aromatic carbocycles. The molecule has 9 heteroatoms. The van der Waals surface area contributed by atoms with Crippen molar-refractivity contribution in [1.82, 2.24) is 9.97 Å². The Balaban J connectivity index is 1.36. The van der Waals surface area contributed by atoms with Gasteiger partial charge in [-0.2, -0.15) is 0 Å². The van der Waals surface area contributed by atoms with Gasteiger partial charge in [-0.15, -0.1) is 11.3 Å². The number of amides is 1. The molecule has 0 spiro atoms. The van der Waals surface area contributed by atoms with Crippen molar-refractivity contribution >= 4 is 32.8 Å². The number of benzene rings is 1. The molecule has 0 saturated heterocycles. The Morgan fingerprint density at radius 2 is 1.88 bits per heavy atom. The van der Waals surface area contributed by atoms with Gasteiger partial charge in [0.1, 0.15) is 10.6 Å². The zero-order valence-corrected chi connectivity index (χ0v) is 20.6. The normalized spacial score (nSPS) is 16.5. The molecule has 0 unspecified atom stereocenters. The monoisotopic (exact) mass is 497 g/mol. The average molecular weight is 498 g/mol. The van der Waals surface area contributed by atoms with Crippen molar-refractivity contribution in [3.05, 3.63) is 42.0 Å². The summed E-state index contributed by atoms with van der Waals surface area (Å²) in [7, 11) is -1.92. The summed E-state index contributed by atoms with van der Waals surface area (Å²) in [6.45, 7) is 0. The lowest BCUT2D eigenvalue weighted by atomic mass is 9.83. The summed E-state index contributed by atoms with van der Waals surface area (Å²) < 4.78 is 31.2. The number of rotatable bonds is 8. The number of hydrogen-bond acceptors (Lipinski definition) is 7. The number of carbonyl (C=O) groups excluding carboxylic acids is 1. The number of nitrogens with zero attached hydrogens (tertiary/aromatic N) is 2. The smallest absolute Gasteiger partial charge is 0.224 e. The highest BCUT2D eigenvalue weighted by Gasteiger charge is 2.34. The number of hydrogen-bond donors (Lipinski definition) is 1. The van der Waals surface area contributed by atoms with E-state index in [-0.39, 0.29) is 16.1 Å². The molecule has 34 heavy (non-hydrogen) atoms. The molecule has 2 aliphatic carbocycles. The quantitative estimate of drug-likeness (QED) is 0.451. The van der Waals surface area contributed by atoms with Gasteiger partial charge in [-0.1, -0.05) is 18.9 Å². The predicted octanol–water partition coefficient (Wildman–Crippen LogP) is 5.34. The number of thiophene rings is 1. The minimum Gasteiger partial charge on any atom is -0.495 e. The first-order chi connectivity index (χ1) is 16.4. The molecule has 2 fully saturated rings. The zero-order chi connectivity index (χ0) is 23.7. The third-order valence-electron chi connectivity index (χ3n) is 6.73. The van der Waals surface area contributed by atoms with Crippen molar-refractivity contribution in [2.45, 2.75) is 55.1 Å².